The number of benzene rings is 1. The standard InChI is InChI=1S/C22H26N4O4/c1-4-25-19-6-5-8-23-21(19)26(22(25)28)16-7-9-24(14-16)20(27)12-15-10-17(29-2)13-18(11-15)30-3/h5-6,8,10-11,13,16H,4,7,9,12,14H2,1-3H3/t16-/m1/s1. The molecular weight excluding hydrogens is 384 g/mol. The first kappa shape index (κ1) is 20.0. The number of hydrogen-bond donors (Lipinski definition) is 0. The van der Waals surface area contributed by atoms with Crippen molar-refractivity contribution in [2.24, 2.45) is 0 Å². The van der Waals surface area contributed by atoms with E-state index >= 15 is 0 Å². The largest absolute Gasteiger partial charge is 0.497 e. The molecule has 3 aromatic rings. The summed E-state index contributed by atoms with van der Waals surface area (Å²) in [7, 11) is 3.17. The maximum Gasteiger partial charge on any atom is 0.330 e. The molecule has 1 aliphatic rings. The molecule has 1 atom stereocenters. The molecule has 0 aliphatic carbocycles. The highest BCUT2D eigenvalue weighted by Gasteiger charge is 2.30. The van der Waals surface area contributed by atoms with Crippen LogP contribution in [0, 0.1) is 0 Å². The third-order valence-electron chi connectivity index (χ3n) is 5.69. The second-order valence-electron chi connectivity index (χ2n) is 7.42. The smallest absolute Gasteiger partial charge is 0.330 e. The van der Waals surface area contributed by atoms with Crippen LogP contribution in [0.3, 0.4) is 0 Å². The molecule has 1 aromatic carbocycles. The predicted octanol–water partition coefficient (Wildman–Crippen LogP) is 2.25. The fourth-order valence-corrected chi connectivity index (χ4v) is 4.18. The number of pyridine rings is 1. The summed E-state index contributed by atoms with van der Waals surface area (Å²) in [6, 6.07) is 9.15. The summed E-state index contributed by atoms with van der Waals surface area (Å²) in [5.74, 6) is 1.33. The molecule has 1 fully saturated rings. The van der Waals surface area contributed by atoms with Crippen molar-refractivity contribution in [3.63, 3.8) is 0 Å². The van der Waals surface area contributed by atoms with Crippen molar-refractivity contribution in [2.75, 3.05) is 27.3 Å². The quantitative estimate of drug-likeness (QED) is 0.623. The molecule has 0 N–H and O–H groups in total. The molecule has 4 rings (SSSR count). The lowest BCUT2D eigenvalue weighted by Crippen LogP contribution is -2.33. The van der Waals surface area contributed by atoms with Gasteiger partial charge in [0.05, 0.1) is 32.2 Å². The van der Waals surface area contributed by atoms with Gasteiger partial charge in [0, 0.05) is 31.9 Å². The van der Waals surface area contributed by atoms with E-state index in [4.69, 9.17) is 9.47 Å². The molecule has 30 heavy (non-hydrogen) atoms. The summed E-state index contributed by atoms with van der Waals surface area (Å²) in [6.07, 6.45) is 2.68. The maximum atomic E-state index is 13.0. The predicted molar refractivity (Wildman–Crippen MR) is 113 cm³/mol. The molecule has 2 aromatic heterocycles. The Morgan fingerprint density at radius 2 is 1.93 bits per heavy atom. The van der Waals surface area contributed by atoms with Crippen molar-refractivity contribution in [3.05, 3.63) is 52.6 Å². The molecule has 0 radical (unpaired) electrons. The van der Waals surface area contributed by atoms with Crippen LogP contribution in [-0.4, -0.2) is 52.2 Å². The van der Waals surface area contributed by atoms with Crippen molar-refractivity contribution in [2.45, 2.75) is 32.4 Å². The van der Waals surface area contributed by atoms with Crippen LogP contribution in [0.1, 0.15) is 24.9 Å². The Hall–Kier alpha value is -3.29. The van der Waals surface area contributed by atoms with E-state index in [-0.39, 0.29) is 24.1 Å². The number of nitrogens with zero attached hydrogens (tertiary/aromatic N) is 4. The van der Waals surface area contributed by atoms with Crippen LogP contribution in [0.2, 0.25) is 0 Å². The fraction of sp³-hybridized carbons (Fsp3) is 0.409. The number of methoxy groups -OCH3 is 2. The Kier molecular flexibility index (Phi) is 5.48. The fourth-order valence-electron chi connectivity index (χ4n) is 4.18. The van der Waals surface area contributed by atoms with E-state index < -0.39 is 0 Å². The zero-order valence-electron chi connectivity index (χ0n) is 17.5. The van der Waals surface area contributed by atoms with Crippen LogP contribution in [0.4, 0.5) is 0 Å². The van der Waals surface area contributed by atoms with Crippen LogP contribution >= 0.6 is 0 Å². The second kappa shape index (κ2) is 8.22. The Labute approximate surface area is 174 Å². The number of aryl methyl sites for hydroxylation is 1. The van der Waals surface area contributed by atoms with E-state index in [1.165, 1.54) is 0 Å². The van der Waals surface area contributed by atoms with E-state index in [1.54, 1.807) is 35.6 Å². The van der Waals surface area contributed by atoms with E-state index in [2.05, 4.69) is 4.98 Å². The van der Waals surface area contributed by atoms with E-state index in [9.17, 15) is 9.59 Å². The van der Waals surface area contributed by atoms with Crippen LogP contribution in [0.5, 0.6) is 11.5 Å². The first-order chi connectivity index (χ1) is 14.5. The topological polar surface area (TPSA) is 78.6 Å². The Morgan fingerprint density at radius 1 is 1.20 bits per heavy atom. The summed E-state index contributed by atoms with van der Waals surface area (Å²) in [4.78, 5) is 32.2. The molecule has 1 saturated heterocycles. The van der Waals surface area contributed by atoms with E-state index in [0.717, 1.165) is 17.5 Å². The van der Waals surface area contributed by atoms with Crippen molar-refractivity contribution < 1.29 is 14.3 Å². The maximum absolute atomic E-state index is 13.0. The lowest BCUT2D eigenvalue weighted by molar-refractivity contribution is -0.129. The first-order valence-corrected chi connectivity index (χ1v) is 10.1. The minimum atomic E-state index is -0.0773. The highest BCUT2D eigenvalue weighted by Crippen LogP contribution is 2.26. The summed E-state index contributed by atoms with van der Waals surface area (Å²) in [5.41, 5.74) is 2.28. The monoisotopic (exact) mass is 410 g/mol. The molecule has 0 saturated carbocycles. The highest BCUT2D eigenvalue weighted by molar-refractivity contribution is 5.79. The molecule has 8 heteroatoms. The van der Waals surface area contributed by atoms with Gasteiger partial charge >= 0.3 is 5.69 Å². The Balaban J connectivity index is 1.54. The van der Waals surface area contributed by atoms with Crippen molar-refractivity contribution in [1.29, 1.82) is 0 Å². The van der Waals surface area contributed by atoms with Gasteiger partial charge in [-0.05, 0) is 43.2 Å². The number of aromatic nitrogens is 3. The van der Waals surface area contributed by atoms with Crippen LogP contribution in [0.15, 0.2) is 41.3 Å². The van der Waals surface area contributed by atoms with Gasteiger partial charge in [0.2, 0.25) is 5.91 Å². The molecule has 1 aliphatic heterocycles. The van der Waals surface area contributed by atoms with Gasteiger partial charge in [-0.3, -0.25) is 13.9 Å². The van der Waals surface area contributed by atoms with Crippen molar-refractivity contribution in [1.82, 2.24) is 19.0 Å². The van der Waals surface area contributed by atoms with Crippen LogP contribution in [-0.2, 0) is 17.8 Å². The van der Waals surface area contributed by atoms with E-state index in [0.29, 0.717) is 36.8 Å². The number of hydrogen-bond acceptors (Lipinski definition) is 5. The zero-order valence-corrected chi connectivity index (χ0v) is 17.5. The van der Waals surface area contributed by atoms with Gasteiger partial charge in [0.25, 0.3) is 0 Å². The zero-order chi connectivity index (χ0) is 21.3. The van der Waals surface area contributed by atoms with Gasteiger partial charge in [-0.25, -0.2) is 9.78 Å². The van der Waals surface area contributed by atoms with Gasteiger partial charge in [0.15, 0.2) is 5.65 Å². The second-order valence-corrected chi connectivity index (χ2v) is 7.42. The molecule has 8 nitrogen and oxygen atoms in total. The molecule has 158 valence electrons. The molecule has 0 bridgehead atoms. The lowest BCUT2D eigenvalue weighted by Gasteiger charge is -2.17. The summed E-state index contributed by atoms with van der Waals surface area (Å²) in [5, 5.41) is 0. The number of likely N-dealkylation sites (tertiary alicyclic amines) is 1. The number of ether oxygens (including phenoxy) is 2. The number of fused-ring (bicyclic) bond motifs is 1. The molecule has 1 amide bonds. The van der Waals surface area contributed by atoms with Gasteiger partial charge in [-0.2, -0.15) is 0 Å². The highest BCUT2D eigenvalue weighted by atomic mass is 16.5. The summed E-state index contributed by atoms with van der Waals surface area (Å²) < 4.78 is 14.1. The van der Waals surface area contributed by atoms with Gasteiger partial charge < -0.3 is 14.4 Å². The Morgan fingerprint density at radius 3 is 2.60 bits per heavy atom. The molecule has 0 unspecified atom stereocenters. The van der Waals surface area contributed by atoms with Crippen molar-refractivity contribution >= 4 is 17.1 Å². The van der Waals surface area contributed by atoms with E-state index in [1.807, 2.05) is 36.1 Å². The average molecular weight is 410 g/mol. The van der Waals surface area contributed by atoms with Crippen molar-refractivity contribution in [3.8, 4) is 11.5 Å². The normalized spacial score (nSPS) is 16.2. The first-order valence-electron chi connectivity index (χ1n) is 10.1. The number of carbonyl (C=O) groups excluding carboxylic acids is 1. The SMILES string of the molecule is CCn1c(=O)n([C@@H]2CCN(C(=O)Cc3cc(OC)cc(OC)c3)C2)c2ncccc21. The molecular formula is C22H26N4O4. The number of imidazole rings is 1. The number of carbonyl (C=O) groups is 1. The number of amides is 1. The average Bonchev–Trinajstić information content (AvgIpc) is 3.35. The minimum Gasteiger partial charge on any atom is -0.497 e. The van der Waals surface area contributed by atoms with Crippen LogP contribution < -0.4 is 15.2 Å². The van der Waals surface area contributed by atoms with Gasteiger partial charge in [-0.15, -0.1) is 0 Å². The third-order valence-corrected chi connectivity index (χ3v) is 5.69. The minimum absolute atomic E-state index is 0.0213. The summed E-state index contributed by atoms with van der Waals surface area (Å²) >= 11 is 0. The third kappa shape index (κ3) is 3.53. The van der Waals surface area contributed by atoms with Gasteiger partial charge in [0.1, 0.15) is 11.5 Å². The lowest BCUT2D eigenvalue weighted by atomic mass is 10.1. The van der Waals surface area contributed by atoms with Gasteiger partial charge in [-0.1, -0.05) is 0 Å². The molecule has 0 spiro atoms. The number of rotatable bonds is 6. The Bertz CT molecular complexity index is 1110. The molecule has 3 heterocycles. The van der Waals surface area contributed by atoms with Crippen LogP contribution in [0.25, 0.3) is 11.2 Å². The summed E-state index contributed by atoms with van der Waals surface area (Å²) in [6.45, 7) is 3.65.